The van der Waals surface area contributed by atoms with Crippen molar-refractivity contribution in [2.24, 2.45) is 0 Å². The normalized spacial score (nSPS) is 19.9. The van der Waals surface area contributed by atoms with Gasteiger partial charge in [0.2, 0.25) is 5.78 Å². The molecule has 1 aromatic carbocycles. The van der Waals surface area contributed by atoms with E-state index in [4.69, 9.17) is 9.47 Å². The SMILES string of the molecule is Cc1cc(C(=O)C[NH+]2CCCCC2)c(C)n1C[C@H]1COc2ccccc2O1. The Hall–Kier alpha value is -2.27. The molecule has 0 aliphatic carbocycles. The van der Waals surface area contributed by atoms with Gasteiger partial charge < -0.3 is 18.9 Å². The van der Waals surface area contributed by atoms with E-state index in [-0.39, 0.29) is 11.9 Å². The number of ketones is 1. The summed E-state index contributed by atoms with van der Waals surface area (Å²) in [4.78, 5) is 14.3. The van der Waals surface area contributed by atoms with Crippen LogP contribution in [0.5, 0.6) is 11.5 Å². The maximum atomic E-state index is 12.9. The Kier molecular flexibility index (Phi) is 5.21. The smallest absolute Gasteiger partial charge is 0.218 e. The largest absolute Gasteiger partial charge is 0.486 e. The molecule has 1 aromatic heterocycles. The molecule has 5 nitrogen and oxygen atoms in total. The van der Waals surface area contributed by atoms with Crippen molar-refractivity contribution in [1.82, 2.24) is 4.57 Å². The molecule has 2 aliphatic rings. The first kappa shape index (κ1) is 18.1. The minimum Gasteiger partial charge on any atom is -0.486 e. The second kappa shape index (κ2) is 7.77. The molecule has 2 aromatic rings. The van der Waals surface area contributed by atoms with Gasteiger partial charge in [0.15, 0.2) is 17.6 Å². The van der Waals surface area contributed by atoms with E-state index in [1.54, 1.807) is 0 Å². The lowest BCUT2D eigenvalue weighted by Gasteiger charge is -2.27. The number of carbonyl (C=O) groups excluding carboxylic acids is 1. The van der Waals surface area contributed by atoms with Crippen LogP contribution in [0.4, 0.5) is 0 Å². The highest BCUT2D eigenvalue weighted by Gasteiger charge is 2.25. The van der Waals surface area contributed by atoms with Gasteiger partial charge in [-0.1, -0.05) is 12.1 Å². The van der Waals surface area contributed by atoms with Crippen molar-refractivity contribution in [3.63, 3.8) is 0 Å². The molecule has 0 spiro atoms. The number of piperidine rings is 1. The maximum absolute atomic E-state index is 12.9. The van der Waals surface area contributed by atoms with E-state index in [9.17, 15) is 4.79 Å². The molecule has 0 saturated carbocycles. The van der Waals surface area contributed by atoms with Crippen LogP contribution in [0.1, 0.15) is 41.0 Å². The van der Waals surface area contributed by atoms with Crippen LogP contribution < -0.4 is 14.4 Å². The maximum Gasteiger partial charge on any atom is 0.218 e. The predicted octanol–water partition coefficient (Wildman–Crippen LogP) is 2.20. The van der Waals surface area contributed by atoms with Crippen LogP contribution in [-0.4, -0.2) is 42.7 Å². The Balaban J connectivity index is 1.45. The van der Waals surface area contributed by atoms with E-state index >= 15 is 0 Å². The molecule has 0 amide bonds. The van der Waals surface area contributed by atoms with Crippen molar-refractivity contribution in [1.29, 1.82) is 0 Å². The van der Waals surface area contributed by atoms with E-state index in [1.165, 1.54) is 24.2 Å². The number of aromatic nitrogens is 1. The Labute approximate surface area is 160 Å². The summed E-state index contributed by atoms with van der Waals surface area (Å²) in [5, 5.41) is 0. The van der Waals surface area contributed by atoms with E-state index < -0.39 is 0 Å². The number of Topliss-reactive ketones (excluding diaryl/α,β-unsaturated/α-hetero) is 1. The monoisotopic (exact) mass is 369 g/mol. The van der Waals surface area contributed by atoms with E-state index in [1.807, 2.05) is 37.3 Å². The summed E-state index contributed by atoms with van der Waals surface area (Å²) in [5.74, 6) is 1.86. The Morgan fingerprint density at radius 1 is 1.15 bits per heavy atom. The molecule has 1 atom stereocenters. The highest BCUT2D eigenvalue weighted by atomic mass is 16.6. The lowest BCUT2D eigenvalue weighted by molar-refractivity contribution is -0.896. The first-order valence-electron chi connectivity index (χ1n) is 10.0. The van der Waals surface area contributed by atoms with Gasteiger partial charge in [0.25, 0.3) is 0 Å². The van der Waals surface area contributed by atoms with Gasteiger partial charge in [-0.05, 0) is 51.3 Å². The topological polar surface area (TPSA) is 44.9 Å². The first-order valence-corrected chi connectivity index (χ1v) is 10.0. The van der Waals surface area contributed by atoms with Crippen LogP contribution in [0.25, 0.3) is 0 Å². The Bertz CT molecular complexity index is 821. The van der Waals surface area contributed by atoms with Crippen molar-refractivity contribution in [3.05, 3.63) is 47.3 Å². The van der Waals surface area contributed by atoms with Crippen LogP contribution in [0, 0.1) is 13.8 Å². The van der Waals surface area contributed by atoms with Gasteiger partial charge >= 0.3 is 0 Å². The van der Waals surface area contributed by atoms with Crippen molar-refractivity contribution in [3.8, 4) is 11.5 Å². The number of hydrogen-bond donors (Lipinski definition) is 1. The quantitative estimate of drug-likeness (QED) is 0.822. The molecule has 1 saturated heterocycles. The number of para-hydroxylation sites is 2. The molecule has 144 valence electrons. The molecule has 0 unspecified atom stereocenters. The molecule has 1 N–H and O–H groups in total. The van der Waals surface area contributed by atoms with Crippen molar-refractivity contribution < 1.29 is 19.2 Å². The highest BCUT2D eigenvalue weighted by molar-refractivity contribution is 5.98. The van der Waals surface area contributed by atoms with Crippen LogP contribution >= 0.6 is 0 Å². The molecule has 4 rings (SSSR count). The molecule has 0 bridgehead atoms. The molecular weight excluding hydrogens is 340 g/mol. The number of quaternary nitrogens is 1. The summed E-state index contributed by atoms with van der Waals surface area (Å²) in [5.41, 5.74) is 3.01. The van der Waals surface area contributed by atoms with Crippen molar-refractivity contribution in [2.75, 3.05) is 26.2 Å². The summed E-state index contributed by atoms with van der Waals surface area (Å²) < 4.78 is 14.1. The molecule has 2 aliphatic heterocycles. The average Bonchev–Trinajstić information content (AvgIpc) is 2.97. The van der Waals surface area contributed by atoms with Crippen LogP contribution in [0.15, 0.2) is 30.3 Å². The molecule has 27 heavy (non-hydrogen) atoms. The third kappa shape index (κ3) is 3.88. The van der Waals surface area contributed by atoms with Crippen LogP contribution in [0.3, 0.4) is 0 Å². The van der Waals surface area contributed by atoms with Gasteiger partial charge in [-0.15, -0.1) is 0 Å². The summed E-state index contributed by atoms with van der Waals surface area (Å²) in [6.45, 7) is 8.18. The number of hydrogen-bond acceptors (Lipinski definition) is 3. The zero-order valence-electron chi connectivity index (χ0n) is 16.3. The average molecular weight is 369 g/mol. The molecular formula is C22H29N2O3+. The van der Waals surface area contributed by atoms with E-state index in [0.29, 0.717) is 19.7 Å². The van der Waals surface area contributed by atoms with Gasteiger partial charge in [0, 0.05) is 17.0 Å². The number of rotatable bonds is 5. The fourth-order valence-electron chi connectivity index (χ4n) is 4.27. The number of fused-ring (bicyclic) bond motifs is 1. The molecule has 1 fully saturated rings. The fraction of sp³-hybridized carbons (Fsp3) is 0.500. The Morgan fingerprint density at radius 3 is 2.67 bits per heavy atom. The number of nitrogens with one attached hydrogen (secondary N) is 1. The first-order chi connectivity index (χ1) is 13.1. The predicted molar refractivity (Wildman–Crippen MR) is 104 cm³/mol. The minimum atomic E-state index is -0.0552. The fourth-order valence-corrected chi connectivity index (χ4v) is 4.27. The zero-order valence-corrected chi connectivity index (χ0v) is 16.3. The number of likely N-dealkylation sites (tertiary alicyclic amines) is 1. The van der Waals surface area contributed by atoms with Gasteiger partial charge in [-0.2, -0.15) is 0 Å². The van der Waals surface area contributed by atoms with Crippen LogP contribution in [0.2, 0.25) is 0 Å². The van der Waals surface area contributed by atoms with Gasteiger partial charge in [-0.3, -0.25) is 4.79 Å². The minimum absolute atomic E-state index is 0.0552. The molecule has 0 radical (unpaired) electrons. The lowest BCUT2D eigenvalue weighted by Crippen LogP contribution is -3.13. The third-order valence-corrected chi connectivity index (χ3v) is 5.80. The van der Waals surface area contributed by atoms with E-state index in [0.717, 1.165) is 41.5 Å². The number of nitrogens with zero attached hydrogens (tertiary/aromatic N) is 1. The summed E-state index contributed by atoms with van der Waals surface area (Å²) >= 11 is 0. The van der Waals surface area contributed by atoms with Crippen molar-refractivity contribution >= 4 is 5.78 Å². The summed E-state index contributed by atoms with van der Waals surface area (Å²) in [7, 11) is 0. The van der Waals surface area contributed by atoms with Gasteiger partial charge in [-0.25, -0.2) is 0 Å². The zero-order chi connectivity index (χ0) is 18.8. The summed E-state index contributed by atoms with van der Waals surface area (Å²) in [6.07, 6.45) is 3.73. The second-order valence-electron chi connectivity index (χ2n) is 7.80. The Morgan fingerprint density at radius 2 is 1.89 bits per heavy atom. The lowest BCUT2D eigenvalue weighted by atomic mass is 10.1. The number of carbonyl (C=O) groups is 1. The molecule has 5 heteroatoms. The van der Waals surface area contributed by atoms with Gasteiger partial charge in [0.05, 0.1) is 19.6 Å². The van der Waals surface area contributed by atoms with Crippen molar-refractivity contribution in [2.45, 2.75) is 45.8 Å². The van der Waals surface area contributed by atoms with E-state index in [2.05, 4.69) is 11.5 Å². The third-order valence-electron chi connectivity index (χ3n) is 5.80. The molecule has 3 heterocycles. The number of aryl methyl sites for hydroxylation is 1. The summed E-state index contributed by atoms with van der Waals surface area (Å²) in [6, 6.07) is 9.81. The highest BCUT2D eigenvalue weighted by Crippen LogP contribution is 2.31. The van der Waals surface area contributed by atoms with Crippen LogP contribution in [-0.2, 0) is 6.54 Å². The number of ether oxygens (including phenoxy) is 2. The number of benzene rings is 1. The second-order valence-corrected chi connectivity index (χ2v) is 7.80. The standard InChI is InChI=1S/C22H28N2O3/c1-16-12-19(20(25)14-23-10-6-3-7-11-23)17(2)24(16)13-18-15-26-21-8-4-5-9-22(21)27-18/h4-5,8-9,12,18H,3,6-7,10-11,13-15H2,1-2H3/p+1/t18-/m0/s1. The van der Waals surface area contributed by atoms with Gasteiger partial charge in [0.1, 0.15) is 13.2 Å².